The van der Waals surface area contributed by atoms with E-state index in [4.69, 9.17) is 4.74 Å². The van der Waals surface area contributed by atoms with Gasteiger partial charge in [0.2, 0.25) is 11.8 Å². The summed E-state index contributed by atoms with van der Waals surface area (Å²) in [5.74, 6) is -0.776. The molecule has 0 bridgehead atoms. The second-order valence-corrected chi connectivity index (χ2v) is 10.1. The van der Waals surface area contributed by atoms with Gasteiger partial charge in [0.05, 0.1) is 0 Å². The maximum absolute atomic E-state index is 13.6. The summed E-state index contributed by atoms with van der Waals surface area (Å²) in [7, 11) is 0. The van der Waals surface area contributed by atoms with E-state index in [1.165, 1.54) is 11.0 Å². The zero-order chi connectivity index (χ0) is 25.3. The molecule has 190 valence electrons. The lowest BCUT2D eigenvalue weighted by Crippen LogP contribution is -2.53. The van der Waals surface area contributed by atoms with Gasteiger partial charge in [0.1, 0.15) is 23.4 Å². The van der Waals surface area contributed by atoms with E-state index in [0.29, 0.717) is 18.5 Å². The van der Waals surface area contributed by atoms with Crippen LogP contribution in [0.5, 0.6) is 5.75 Å². The summed E-state index contributed by atoms with van der Waals surface area (Å²) in [4.78, 5) is 40.9. The smallest absolute Gasteiger partial charge is 0.408 e. The SMILES string of the molecule is CCCCN(C(=O)C(C)NC(=O)OC(C)(C)C)C(C(=O)NC1CCCCC1)c1ccccc1O. The molecule has 1 saturated carbocycles. The molecular formula is C26H41N3O5. The lowest BCUT2D eigenvalue weighted by Gasteiger charge is -2.35. The fourth-order valence-corrected chi connectivity index (χ4v) is 4.19. The van der Waals surface area contributed by atoms with Gasteiger partial charge in [-0.15, -0.1) is 0 Å². The molecule has 0 saturated heterocycles. The molecule has 2 unspecified atom stereocenters. The first kappa shape index (κ1) is 27.5. The highest BCUT2D eigenvalue weighted by atomic mass is 16.6. The summed E-state index contributed by atoms with van der Waals surface area (Å²) in [6.07, 6.45) is 5.86. The van der Waals surface area contributed by atoms with Crippen LogP contribution in [-0.2, 0) is 14.3 Å². The van der Waals surface area contributed by atoms with Crippen molar-refractivity contribution in [1.82, 2.24) is 15.5 Å². The molecule has 1 aromatic rings. The van der Waals surface area contributed by atoms with Crippen molar-refractivity contribution in [1.29, 1.82) is 0 Å². The summed E-state index contributed by atoms with van der Waals surface area (Å²) in [6.45, 7) is 9.13. The van der Waals surface area contributed by atoms with Crippen LogP contribution in [0.25, 0.3) is 0 Å². The largest absolute Gasteiger partial charge is 0.508 e. The first-order chi connectivity index (χ1) is 16.0. The molecule has 2 atom stereocenters. The van der Waals surface area contributed by atoms with Crippen molar-refractivity contribution < 1.29 is 24.2 Å². The van der Waals surface area contributed by atoms with E-state index in [1.54, 1.807) is 45.9 Å². The first-order valence-corrected chi connectivity index (χ1v) is 12.4. The van der Waals surface area contributed by atoms with Crippen molar-refractivity contribution in [2.45, 2.75) is 103 Å². The van der Waals surface area contributed by atoms with Crippen molar-refractivity contribution in [3.63, 3.8) is 0 Å². The molecule has 0 aromatic heterocycles. The molecule has 3 amide bonds. The highest BCUT2D eigenvalue weighted by Crippen LogP contribution is 2.31. The number of benzene rings is 1. The number of hydrogen-bond acceptors (Lipinski definition) is 5. The van der Waals surface area contributed by atoms with Crippen LogP contribution in [0.1, 0.15) is 91.2 Å². The number of phenolic OH excluding ortho intramolecular Hbond substituents is 1. The predicted molar refractivity (Wildman–Crippen MR) is 131 cm³/mol. The lowest BCUT2D eigenvalue weighted by atomic mass is 9.94. The molecule has 0 radical (unpaired) electrons. The molecule has 1 aliphatic rings. The number of para-hydroxylation sites is 1. The number of alkyl carbamates (subject to hydrolysis) is 1. The molecule has 2 rings (SSSR count). The molecular weight excluding hydrogens is 434 g/mol. The summed E-state index contributed by atoms with van der Waals surface area (Å²) >= 11 is 0. The second-order valence-electron chi connectivity index (χ2n) is 10.1. The number of unbranched alkanes of at least 4 members (excludes halogenated alkanes) is 1. The molecule has 0 spiro atoms. The third kappa shape index (κ3) is 8.22. The lowest BCUT2D eigenvalue weighted by molar-refractivity contribution is -0.142. The van der Waals surface area contributed by atoms with Crippen molar-refractivity contribution in [2.75, 3.05) is 6.54 Å². The summed E-state index contributed by atoms with van der Waals surface area (Å²) in [5.41, 5.74) is -0.336. The molecule has 0 aliphatic heterocycles. The van der Waals surface area contributed by atoms with Crippen LogP contribution < -0.4 is 10.6 Å². The number of nitrogens with zero attached hydrogens (tertiary/aromatic N) is 1. The number of hydrogen-bond donors (Lipinski definition) is 3. The monoisotopic (exact) mass is 475 g/mol. The minimum atomic E-state index is -1.01. The van der Waals surface area contributed by atoms with Gasteiger partial charge in [-0.25, -0.2) is 4.79 Å². The molecule has 1 aromatic carbocycles. The number of aromatic hydroxyl groups is 1. The zero-order valence-electron chi connectivity index (χ0n) is 21.2. The molecule has 0 heterocycles. The highest BCUT2D eigenvalue weighted by molar-refractivity contribution is 5.92. The van der Waals surface area contributed by atoms with Crippen LogP contribution in [0.4, 0.5) is 4.79 Å². The molecule has 34 heavy (non-hydrogen) atoms. The fourth-order valence-electron chi connectivity index (χ4n) is 4.19. The van der Waals surface area contributed by atoms with E-state index in [9.17, 15) is 19.5 Å². The maximum atomic E-state index is 13.6. The number of phenols is 1. The van der Waals surface area contributed by atoms with E-state index < -0.39 is 29.7 Å². The van der Waals surface area contributed by atoms with Gasteiger partial charge in [-0.05, 0) is 53.0 Å². The Bertz CT molecular complexity index is 830. The summed E-state index contributed by atoms with van der Waals surface area (Å²) < 4.78 is 5.29. The molecule has 8 nitrogen and oxygen atoms in total. The van der Waals surface area contributed by atoms with Gasteiger partial charge in [0.15, 0.2) is 0 Å². The molecule has 3 N–H and O–H groups in total. The minimum Gasteiger partial charge on any atom is -0.508 e. The second kappa shape index (κ2) is 12.6. The van der Waals surface area contributed by atoms with E-state index in [2.05, 4.69) is 10.6 Å². The molecule has 1 fully saturated rings. The standard InChI is InChI=1S/C26H41N3O5/c1-6-7-17-29(24(32)18(2)27-25(33)34-26(3,4)5)22(20-15-11-12-16-21(20)30)23(31)28-19-13-9-8-10-14-19/h11-12,15-16,18-19,22,30H,6-10,13-14,17H2,1-5H3,(H,27,33)(H,28,31). The van der Waals surface area contributed by atoms with Crippen molar-refractivity contribution in [3.05, 3.63) is 29.8 Å². The normalized spacial score (nSPS) is 16.3. The van der Waals surface area contributed by atoms with E-state index in [-0.39, 0.29) is 17.7 Å². The van der Waals surface area contributed by atoms with Crippen LogP contribution in [0, 0.1) is 0 Å². The van der Waals surface area contributed by atoms with Gasteiger partial charge in [0, 0.05) is 18.2 Å². The van der Waals surface area contributed by atoms with Gasteiger partial charge in [0.25, 0.3) is 0 Å². The molecule has 1 aliphatic carbocycles. The minimum absolute atomic E-state index is 0.0478. The molecule has 8 heteroatoms. The Morgan fingerprint density at radius 1 is 1.15 bits per heavy atom. The third-order valence-corrected chi connectivity index (χ3v) is 5.88. The number of rotatable bonds is 9. The number of carbonyl (C=O) groups excluding carboxylic acids is 3. The summed E-state index contributed by atoms with van der Waals surface area (Å²) in [6, 6.07) is 4.73. The summed E-state index contributed by atoms with van der Waals surface area (Å²) in [5, 5.41) is 16.3. The van der Waals surface area contributed by atoms with Crippen LogP contribution in [0.3, 0.4) is 0 Å². The average Bonchev–Trinajstić information content (AvgIpc) is 2.76. The maximum Gasteiger partial charge on any atom is 0.408 e. The van der Waals surface area contributed by atoms with Crippen LogP contribution >= 0.6 is 0 Å². The van der Waals surface area contributed by atoms with Gasteiger partial charge >= 0.3 is 6.09 Å². The Labute approximate surface area is 203 Å². The van der Waals surface area contributed by atoms with Gasteiger partial charge in [-0.1, -0.05) is 50.8 Å². The number of ether oxygens (including phenoxy) is 1. The topological polar surface area (TPSA) is 108 Å². The number of carbonyl (C=O) groups is 3. The average molecular weight is 476 g/mol. The Balaban J connectivity index is 2.34. The third-order valence-electron chi connectivity index (χ3n) is 5.88. The predicted octanol–water partition coefficient (Wildman–Crippen LogP) is 4.42. The number of nitrogens with one attached hydrogen (secondary N) is 2. The van der Waals surface area contributed by atoms with Gasteiger partial charge in [-0.3, -0.25) is 9.59 Å². The van der Waals surface area contributed by atoms with Crippen LogP contribution in [0.15, 0.2) is 24.3 Å². The Morgan fingerprint density at radius 3 is 2.38 bits per heavy atom. The van der Waals surface area contributed by atoms with E-state index >= 15 is 0 Å². The van der Waals surface area contributed by atoms with Gasteiger partial charge < -0.3 is 25.4 Å². The Morgan fingerprint density at radius 2 is 1.79 bits per heavy atom. The number of amides is 3. The quantitative estimate of drug-likeness (QED) is 0.490. The Kier molecular flexibility index (Phi) is 10.2. The highest BCUT2D eigenvalue weighted by Gasteiger charge is 2.36. The Hall–Kier alpha value is -2.77. The van der Waals surface area contributed by atoms with Crippen molar-refractivity contribution in [3.8, 4) is 5.75 Å². The first-order valence-electron chi connectivity index (χ1n) is 12.4. The zero-order valence-corrected chi connectivity index (χ0v) is 21.2. The van der Waals surface area contributed by atoms with Crippen LogP contribution in [-0.4, -0.2) is 52.1 Å². The fraction of sp³-hybridized carbons (Fsp3) is 0.654. The van der Waals surface area contributed by atoms with Crippen molar-refractivity contribution in [2.24, 2.45) is 0 Å². The van der Waals surface area contributed by atoms with Gasteiger partial charge in [-0.2, -0.15) is 0 Å². The van der Waals surface area contributed by atoms with Crippen LogP contribution in [0.2, 0.25) is 0 Å². The van der Waals surface area contributed by atoms with E-state index in [0.717, 1.165) is 38.5 Å². The van der Waals surface area contributed by atoms with E-state index in [1.807, 2.05) is 6.92 Å². The van der Waals surface area contributed by atoms with Crippen molar-refractivity contribution >= 4 is 17.9 Å².